The zero-order valence-electron chi connectivity index (χ0n) is 9.44. The van der Waals surface area contributed by atoms with Crippen molar-refractivity contribution in [1.82, 2.24) is 9.62 Å². The molecular formula is C10H20N2O2S. The highest BCUT2D eigenvalue weighted by Gasteiger charge is 2.23. The molecule has 0 atom stereocenters. The summed E-state index contributed by atoms with van der Waals surface area (Å²) in [6, 6.07) is 0.458. The Morgan fingerprint density at radius 2 is 2.00 bits per heavy atom. The summed E-state index contributed by atoms with van der Waals surface area (Å²) in [6.07, 6.45) is 7.18. The van der Waals surface area contributed by atoms with Gasteiger partial charge in [-0.1, -0.05) is 12.2 Å². The van der Waals surface area contributed by atoms with E-state index in [1.54, 1.807) is 4.31 Å². The maximum atomic E-state index is 11.2. The average molecular weight is 232 g/mol. The van der Waals surface area contributed by atoms with Gasteiger partial charge in [-0.2, -0.15) is 0 Å². The third kappa shape index (κ3) is 4.32. The predicted molar refractivity (Wildman–Crippen MR) is 62.3 cm³/mol. The SMILES string of the molecule is C/C=C/CNC1CCN(S(C)(=O)=O)CC1. The Balaban J connectivity index is 2.30. The summed E-state index contributed by atoms with van der Waals surface area (Å²) >= 11 is 0. The molecule has 0 radical (unpaired) electrons. The van der Waals surface area contributed by atoms with Crippen LogP contribution >= 0.6 is 0 Å². The van der Waals surface area contributed by atoms with Crippen LogP contribution in [0, 0.1) is 0 Å². The summed E-state index contributed by atoms with van der Waals surface area (Å²) in [6.45, 7) is 4.16. The van der Waals surface area contributed by atoms with Gasteiger partial charge in [-0.25, -0.2) is 12.7 Å². The van der Waals surface area contributed by atoms with Crippen molar-refractivity contribution in [1.29, 1.82) is 0 Å². The fourth-order valence-corrected chi connectivity index (χ4v) is 2.62. The molecule has 1 heterocycles. The Morgan fingerprint density at radius 3 is 2.47 bits per heavy atom. The first kappa shape index (κ1) is 12.7. The van der Waals surface area contributed by atoms with Gasteiger partial charge in [0.15, 0.2) is 0 Å². The van der Waals surface area contributed by atoms with Crippen LogP contribution in [0.15, 0.2) is 12.2 Å². The molecule has 0 bridgehead atoms. The van der Waals surface area contributed by atoms with E-state index in [0.29, 0.717) is 19.1 Å². The van der Waals surface area contributed by atoms with E-state index in [4.69, 9.17) is 0 Å². The minimum absolute atomic E-state index is 0.458. The van der Waals surface area contributed by atoms with Crippen LogP contribution in [0.4, 0.5) is 0 Å². The number of allylic oxidation sites excluding steroid dienone is 1. The van der Waals surface area contributed by atoms with Crippen LogP contribution in [-0.4, -0.2) is 44.7 Å². The fourth-order valence-electron chi connectivity index (χ4n) is 1.74. The Bertz CT molecular complexity index is 303. The van der Waals surface area contributed by atoms with E-state index in [1.807, 2.05) is 13.0 Å². The van der Waals surface area contributed by atoms with Gasteiger partial charge >= 0.3 is 0 Å². The van der Waals surface area contributed by atoms with Gasteiger partial charge in [-0.05, 0) is 19.8 Å². The van der Waals surface area contributed by atoms with Gasteiger partial charge in [0.05, 0.1) is 6.26 Å². The summed E-state index contributed by atoms with van der Waals surface area (Å²) < 4.78 is 24.1. The lowest BCUT2D eigenvalue weighted by Crippen LogP contribution is -2.44. The van der Waals surface area contributed by atoms with Crippen molar-refractivity contribution in [3.63, 3.8) is 0 Å². The molecule has 0 unspecified atom stereocenters. The summed E-state index contributed by atoms with van der Waals surface area (Å²) in [7, 11) is -2.98. The molecule has 0 aromatic heterocycles. The molecule has 1 rings (SSSR count). The third-order valence-corrected chi connectivity index (χ3v) is 3.99. The molecule has 1 aliphatic rings. The number of hydrogen-bond donors (Lipinski definition) is 1. The summed E-state index contributed by atoms with van der Waals surface area (Å²) in [5, 5.41) is 3.39. The summed E-state index contributed by atoms with van der Waals surface area (Å²) in [5.74, 6) is 0. The lowest BCUT2D eigenvalue weighted by molar-refractivity contribution is 0.296. The molecule has 0 aromatic rings. The normalized spacial score (nSPS) is 21.2. The molecule has 4 nitrogen and oxygen atoms in total. The number of sulfonamides is 1. The first-order valence-electron chi connectivity index (χ1n) is 5.33. The van der Waals surface area contributed by atoms with E-state index in [-0.39, 0.29) is 0 Å². The number of rotatable bonds is 4. The van der Waals surface area contributed by atoms with Crippen LogP contribution in [0.25, 0.3) is 0 Å². The van der Waals surface area contributed by atoms with Gasteiger partial charge in [-0.3, -0.25) is 0 Å². The monoisotopic (exact) mass is 232 g/mol. The Labute approximate surface area is 92.4 Å². The quantitative estimate of drug-likeness (QED) is 0.721. The number of piperidine rings is 1. The van der Waals surface area contributed by atoms with Gasteiger partial charge < -0.3 is 5.32 Å². The molecule has 1 fully saturated rings. The van der Waals surface area contributed by atoms with E-state index >= 15 is 0 Å². The highest BCUT2D eigenvalue weighted by Crippen LogP contribution is 2.12. The summed E-state index contributed by atoms with van der Waals surface area (Å²) in [4.78, 5) is 0. The third-order valence-electron chi connectivity index (χ3n) is 2.68. The average Bonchev–Trinajstić information content (AvgIpc) is 2.18. The second kappa shape index (κ2) is 5.63. The van der Waals surface area contributed by atoms with Crippen molar-refractivity contribution in [2.24, 2.45) is 0 Å². The van der Waals surface area contributed by atoms with Crippen molar-refractivity contribution in [3.05, 3.63) is 12.2 Å². The number of nitrogens with zero attached hydrogens (tertiary/aromatic N) is 1. The first-order valence-corrected chi connectivity index (χ1v) is 7.18. The topological polar surface area (TPSA) is 49.4 Å². The van der Waals surface area contributed by atoms with E-state index in [2.05, 4.69) is 11.4 Å². The molecule has 15 heavy (non-hydrogen) atoms. The van der Waals surface area contributed by atoms with Crippen molar-refractivity contribution >= 4 is 10.0 Å². The second-order valence-electron chi connectivity index (χ2n) is 3.91. The van der Waals surface area contributed by atoms with Gasteiger partial charge in [0.25, 0.3) is 0 Å². The Kier molecular flexibility index (Phi) is 4.76. The lowest BCUT2D eigenvalue weighted by Gasteiger charge is -2.30. The first-order chi connectivity index (χ1) is 7.04. The van der Waals surface area contributed by atoms with Crippen LogP contribution < -0.4 is 5.32 Å². The minimum Gasteiger partial charge on any atom is -0.310 e. The molecule has 0 saturated carbocycles. The van der Waals surface area contributed by atoms with E-state index in [9.17, 15) is 8.42 Å². The molecule has 0 aliphatic carbocycles. The predicted octanol–water partition coefficient (Wildman–Crippen LogP) is 0.576. The zero-order valence-corrected chi connectivity index (χ0v) is 10.3. The molecular weight excluding hydrogens is 212 g/mol. The highest BCUT2D eigenvalue weighted by atomic mass is 32.2. The molecule has 1 saturated heterocycles. The lowest BCUT2D eigenvalue weighted by atomic mass is 10.1. The van der Waals surface area contributed by atoms with E-state index < -0.39 is 10.0 Å². The fraction of sp³-hybridized carbons (Fsp3) is 0.800. The van der Waals surface area contributed by atoms with Crippen molar-refractivity contribution in [3.8, 4) is 0 Å². The molecule has 0 amide bonds. The number of nitrogens with one attached hydrogen (secondary N) is 1. The standard InChI is InChI=1S/C10H20N2O2S/c1-3-4-7-11-10-5-8-12(9-6-10)15(2,13)14/h3-4,10-11H,5-9H2,1-2H3/b4-3+. The van der Waals surface area contributed by atoms with Crippen LogP contribution in [-0.2, 0) is 10.0 Å². The van der Waals surface area contributed by atoms with Crippen molar-refractivity contribution in [2.75, 3.05) is 25.9 Å². The molecule has 88 valence electrons. The Hall–Kier alpha value is -0.390. The molecule has 0 spiro atoms. The minimum atomic E-state index is -2.98. The molecule has 0 aromatic carbocycles. The van der Waals surface area contributed by atoms with Gasteiger partial charge in [0.1, 0.15) is 0 Å². The molecule has 5 heteroatoms. The van der Waals surface area contributed by atoms with Crippen molar-refractivity contribution < 1.29 is 8.42 Å². The van der Waals surface area contributed by atoms with Gasteiger partial charge in [0.2, 0.25) is 10.0 Å². The highest BCUT2D eigenvalue weighted by molar-refractivity contribution is 7.88. The molecule has 1 aliphatic heterocycles. The Morgan fingerprint density at radius 1 is 1.40 bits per heavy atom. The van der Waals surface area contributed by atoms with E-state index in [1.165, 1.54) is 6.26 Å². The van der Waals surface area contributed by atoms with Crippen LogP contribution in [0.2, 0.25) is 0 Å². The van der Waals surface area contributed by atoms with Crippen LogP contribution in [0.5, 0.6) is 0 Å². The second-order valence-corrected chi connectivity index (χ2v) is 5.90. The maximum absolute atomic E-state index is 11.2. The zero-order chi connectivity index (χ0) is 11.3. The van der Waals surface area contributed by atoms with Crippen LogP contribution in [0.3, 0.4) is 0 Å². The van der Waals surface area contributed by atoms with E-state index in [0.717, 1.165) is 19.4 Å². The van der Waals surface area contributed by atoms with Gasteiger partial charge in [0, 0.05) is 25.7 Å². The van der Waals surface area contributed by atoms with Crippen molar-refractivity contribution in [2.45, 2.75) is 25.8 Å². The smallest absolute Gasteiger partial charge is 0.211 e. The number of hydrogen-bond acceptors (Lipinski definition) is 3. The maximum Gasteiger partial charge on any atom is 0.211 e. The van der Waals surface area contributed by atoms with Crippen LogP contribution in [0.1, 0.15) is 19.8 Å². The molecule has 1 N–H and O–H groups in total. The largest absolute Gasteiger partial charge is 0.310 e. The summed E-state index contributed by atoms with van der Waals surface area (Å²) in [5.41, 5.74) is 0. The van der Waals surface area contributed by atoms with Gasteiger partial charge in [-0.15, -0.1) is 0 Å².